The van der Waals surface area contributed by atoms with Crippen molar-refractivity contribution in [3.05, 3.63) is 170 Å². The summed E-state index contributed by atoms with van der Waals surface area (Å²) in [6.45, 7) is 0. The number of hydrogen-bond donors (Lipinski definition) is 1. The summed E-state index contributed by atoms with van der Waals surface area (Å²) in [6.07, 6.45) is 4.14. The molecule has 0 radical (unpaired) electrons. The van der Waals surface area contributed by atoms with Crippen LogP contribution in [0, 0.1) is 0 Å². The first-order valence-electron chi connectivity index (χ1n) is 16.4. The number of aromatic amines is 1. The molecular formula is C45H29N3. The number of imidazole rings is 1. The molecule has 3 heterocycles. The van der Waals surface area contributed by atoms with Crippen molar-refractivity contribution in [2.45, 2.75) is 0 Å². The molecule has 0 bridgehead atoms. The van der Waals surface area contributed by atoms with Crippen LogP contribution in [-0.4, -0.2) is 14.4 Å². The Labute approximate surface area is 277 Å². The number of pyridine rings is 1. The molecule has 0 spiro atoms. The van der Waals surface area contributed by atoms with Crippen LogP contribution < -0.4 is 0 Å². The number of fused-ring (bicyclic) bond motifs is 9. The second-order valence-corrected chi connectivity index (χ2v) is 12.5. The van der Waals surface area contributed by atoms with E-state index < -0.39 is 0 Å². The minimum absolute atomic E-state index is 0.949. The summed E-state index contributed by atoms with van der Waals surface area (Å²) in [7, 11) is 0. The van der Waals surface area contributed by atoms with Gasteiger partial charge in [-0.05, 0) is 62.0 Å². The van der Waals surface area contributed by atoms with Gasteiger partial charge in [0, 0.05) is 39.7 Å². The summed E-state index contributed by atoms with van der Waals surface area (Å²) in [6, 6.07) is 56.7. The lowest BCUT2D eigenvalue weighted by molar-refractivity contribution is 1.19. The Kier molecular flexibility index (Phi) is 5.87. The molecule has 224 valence electrons. The fourth-order valence-electron chi connectivity index (χ4n) is 7.59. The Morgan fingerprint density at radius 2 is 1.08 bits per heavy atom. The summed E-state index contributed by atoms with van der Waals surface area (Å²) in [5, 5.41) is 8.76. The van der Waals surface area contributed by atoms with Gasteiger partial charge in [0.2, 0.25) is 0 Å². The molecule has 3 heteroatoms. The van der Waals surface area contributed by atoms with Crippen molar-refractivity contribution in [3.8, 4) is 44.8 Å². The highest BCUT2D eigenvalue weighted by Gasteiger charge is 2.22. The third-order valence-electron chi connectivity index (χ3n) is 9.76. The quantitative estimate of drug-likeness (QED) is 0.197. The highest BCUT2D eigenvalue weighted by Crippen LogP contribution is 2.48. The fourth-order valence-corrected chi connectivity index (χ4v) is 7.59. The minimum Gasteiger partial charge on any atom is -0.353 e. The predicted octanol–water partition coefficient (Wildman–Crippen LogP) is 11.9. The van der Waals surface area contributed by atoms with Crippen molar-refractivity contribution in [1.82, 2.24) is 14.4 Å². The second kappa shape index (κ2) is 10.5. The van der Waals surface area contributed by atoms with Crippen molar-refractivity contribution in [2.24, 2.45) is 0 Å². The lowest BCUT2D eigenvalue weighted by Crippen LogP contribution is -1.89. The molecule has 0 saturated carbocycles. The zero-order valence-electron chi connectivity index (χ0n) is 26.1. The van der Waals surface area contributed by atoms with Gasteiger partial charge >= 0.3 is 0 Å². The topological polar surface area (TPSA) is 33.1 Å². The standard InChI is InChI=1S/C45H29N3/c1-3-13-31(14-4-1)41-43-42-35-19-9-7-17-33(35)37(29-22-24-30(25-23-29)39-28-48-26-12-11-21-40(48)46-39)27-38(42)34-18-8-10-20-36(34)45(43)47-44(41)32-15-5-2-6-16-32/h1-28,47H. The van der Waals surface area contributed by atoms with Crippen LogP contribution in [0.25, 0.3) is 93.6 Å². The van der Waals surface area contributed by atoms with E-state index in [-0.39, 0.29) is 0 Å². The lowest BCUT2D eigenvalue weighted by atomic mass is 9.87. The van der Waals surface area contributed by atoms with Crippen LogP contribution in [0.4, 0.5) is 0 Å². The number of aromatic nitrogens is 3. The molecule has 0 aliphatic heterocycles. The van der Waals surface area contributed by atoms with Crippen LogP contribution in [0.1, 0.15) is 0 Å². The highest BCUT2D eigenvalue weighted by molar-refractivity contribution is 6.36. The maximum Gasteiger partial charge on any atom is 0.137 e. The molecule has 10 aromatic rings. The van der Waals surface area contributed by atoms with Gasteiger partial charge in [0.25, 0.3) is 0 Å². The molecule has 3 nitrogen and oxygen atoms in total. The van der Waals surface area contributed by atoms with E-state index in [4.69, 9.17) is 4.98 Å². The third-order valence-corrected chi connectivity index (χ3v) is 9.76. The molecule has 0 atom stereocenters. The van der Waals surface area contributed by atoms with Crippen molar-refractivity contribution < 1.29 is 0 Å². The van der Waals surface area contributed by atoms with Crippen molar-refractivity contribution >= 4 is 48.9 Å². The van der Waals surface area contributed by atoms with Gasteiger partial charge in [-0.2, -0.15) is 0 Å². The van der Waals surface area contributed by atoms with E-state index in [0.717, 1.165) is 22.6 Å². The third kappa shape index (κ3) is 4.04. The molecule has 3 aromatic heterocycles. The molecule has 48 heavy (non-hydrogen) atoms. The zero-order valence-corrected chi connectivity index (χ0v) is 26.1. The normalized spacial score (nSPS) is 11.8. The monoisotopic (exact) mass is 611 g/mol. The van der Waals surface area contributed by atoms with Gasteiger partial charge in [0.15, 0.2) is 0 Å². The highest BCUT2D eigenvalue weighted by atomic mass is 15.0. The number of hydrogen-bond acceptors (Lipinski definition) is 1. The first-order chi connectivity index (χ1) is 23.8. The molecule has 0 amide bonds. The molecular weight excluding hydrogens is 583 g/mol. The van der Waals surface area contributed by atoms with Crippen molar-refractivity contribution in [1.29, 1.82) is 0 Å². The first-order valence-corrected chi connectivity index (χ1v) is 16.4. The predicted molar refractivity (Wildman–Crippen MR) is 201 cm³/mol. The maximum absolute atomic E-state index is 4.86. The number of nitrogens with one attached hydrogen (secondary N) is 1. The van der Waals surface area contributed by atoms with Gasteiger partial charge in [-0.3, -0.25) is 0 Å². The second-order valence-electron chi connectivity index (χ2n) is 12.5. The minimum atomic E-state index is 0.949. The summed E-state index contributed by atoms with van der Waals surface area (Å²) in [5.41, 5.74) is 11.4. The molecule has 0 aliphatic carbocycles. The molecule has 1 N–H and O–H groups in total. The van der Waals surface area contributed by atoms with E-state index in [9.17, 15) is 0 Å². The summed E-state index contributed by atoms with van der Waals surface area (Å²) >= 11 is 0. The SMILES string of the molecule is c1ccc(-c2[nH]c3c4ccccc4c4cc(-c5ccc(-c6cn7ccccc7n6)cc5)c5ccccc5c4c3c2-c2ccccc2)cc1. The van der Waals surface area contributed by atoms with E-state index in [2.05, 4.69) is 155 Å². The Bertz CT molecular complexity index is 2770. The zero-order chi connectivity index (χ0) is 31.6. The van der Waals surface area contributed by atoms with Crippen LogP contribution in [0.2, 0.25) is 0 Å². The van der Waals surface area contributed by atoms with Gasteiger partial charge in [-0.1, -0.05) is 140 Å². The van der Waals surface area contributed by atoms with Crippen molar-refractivity contribution in [2.75, 3.05) is 0 Å². The Morgan fingerprint density at radius 1 is 0.458 bits per heavy atom. The molecule has 0 fully saturated rings. The van der Waals surface area contributed by atoms with Gasteiger partial charge in [0.05, 0.1) is 16.9 Å². The average molecular weight is 612 g/mol. The Balaban J connectivity index is 1.29. The number of benzene rings is 7. The smallest absolute Gasteiger partial charge is 0.137 e. The van der Waals surface area contributed by atoms with Crippen LogP contribution in [0.5, 0.6) is 0 Å². The van der Waals surface area contributed by atoms with Crippen LogP contribution in [-0.2, 0) is 0 Å². The molecule has 7 aromatic carbocycles. The van der Waals surface area contributed by atoms with E-state index in [0.29, 0.717) is 0 Å². The van der Waals surface area contributed by atoms with Crippen molar-refractivity contribution in [3.63, 3.8) is 0 Å². The van der Waals surface area contributed by atoms with Crippen LogP contribution in [0.15, 0.2) is 170 Å². The van der Waals surface area contributed by atoms with E-state index in [1.165, 1.54) is 71.0 Å². The summed E-state index contributed by atoms with van der Waals surface area (Å²) < 4.78 is 2.07. The van der Waals surface area contributed by atoms with E-state index in [1.807, 2.05) is 24.4 Å². The summed E-state index contributed by atoms with van der Waals surface area (Å²) in [4.78, 5) is 8.81. The number of H-pyrrole nitrogens is 1. The maximum atomic E-state index is 4.86. The van der Waals surface area contributed by atoms with Gasteiger partial charge in [-0.15, -0.1) is 0 Å². The van der Waals surface area contributed by atoms with Crippen LogP contribution >= 0.6 is 0 Å². The van der Waals surface area contributed by atoms with Gasteiger partial charge in [-0.25, -0.2) is 4.98 Å². The fraction of sp³-hybridized carbons (Fsp3) is 0. The Morgan fingerprint density at radius 3 is 1.83 bits per heavy atom. The van der Waals surface area contributed by atoms with Gasteiger partial charge in [0.1, 0.15) is 5.65 Å². The number of nitrogens with zero attached hydrogens (tertiary/aromatic N) is 2. The average Bonchev–Trinajstić information content (AvgIpc) is 3.78. The largest absolute Gasteiger partial charge is 0.353 e. The molecule has 10 rings (SSSR count). The Hall–Kier alpha value is -6.45. The van der Waals surface area contributed by atoms with Crippen LogP contribution in [0.3, 0.4) is 0 Å². The van der Waals surface area contributed by atoms with Gasteiger partial charge < -0.3 is 9.38 Å². The molecule has 0 aliphatic rings. The number of rotatable bonds is 4. The van der Waals surface area contributed by atoms with E-state index in [1.54, 1.807) is 0 Å². The first kappa shape index (κ1) is 26.7. The lowest BCUT2D eigenvalue weighted by Gasteiger charge is -2.16. The molecule has 0 saturated heterocycles. The summed E-state index contributed by atoms with van der Waals surface area (Å²) in [5.74, 6) is 0. The van der Waals surface area contributed by atoms with E-state index >= 15 is 0 Å². The molecule has 0 unspecified atom stereocenters.